The topological polar surface area (TPSA) is 35.2 Å². The Morgan fingerprint density at radius 1 is 1.04 bits per heavy atom. The molecule has 0 aromatic heterocycles. The Labute approximate surface area is 144 Å². The molecule has 1 aliphatic rings. The lowest BCUT2D eigenvalue weighted by molar-refractivity contribution is 0.468. The third-order valence-corrected chi connectivity index (χ3v) is 4.28. The van der Waals surface area contributed by atoms with Crippen molar-refractivity contribution in [3.63, 3.8) is 0 Å². The van der Waals surface area contributed by atoms with Gasteiger partial charge in [0.1, 0.15) is 11.5 Å². The number of benzene rings is 2. The molecule has 0 spiro atoms. The number of para-hydroxylation sites is 1. The number of ether oxygens (including phenoxy) is 1. The van der Waals surface area contributed by atoms with Crippen LogP contribution in [0.1, 0.15) is 38.3 Å². The van der Waals surface area contributed by atoms with Gasteiger partial charge in [-0.25, -0.2) is 0 Å². The lowest BCUT2D eigenvalue weighted by Crippen LogP contribution is -2.12. The molecule has 0 aliphatic heterocycles. The Bertz CT molecular complexity index is 828. The van der Waals surface area contributed by atoms with Crippen LogP contribution in [-0.2, 0) is 0 Å². The summed E-state index contributed by atoms with van der Waals surface area (Å²) in [7, 11) is 0. The van der Waals surface area contributed by atoms with Gasteiger partial charge in [-0.15, -0.1) is 0 Å². The second-order valence-corrected chi connectivity index (χ2v) is 7.38. The highest BCUT2D eigenvalue weighted by Gasteiger charge is 2.22. The van der Waals surface area contributed by atoms with E-state index >= 15 is 0 Å². The van der Waals surface area contributed by atoms with E-state index in [-0.39, 0.29) is 5.41 Å². The molecule has 24 heavy (non-hydrogen) atoms. The number of nitrogen functional groups attached to an aromatic ring is 1. The Balaban J connectivity index is 2.07. The standard InChI is InChI=1S/C22H25NO/c1-15-11-17(14-22(3,4)13-15)20-10-5-7-16(2)21(20)24-19-9-6-8-18(23)12-19/h5-12,14H,13,23H2,1-4H3. The molecule has 3 rings (SSSR count). The quantitative estimate of drug-likeness (QED) is 0.691. The van der Waals surface area contributed by atoms with Crippen molar-refractivity contribution >= 4 is 11.3 Å². The second-order valence-electron chi connectivity index (χ2n) is 7.38. The second kappa shape index (κ2) is 6.20. The van der Waals surface area contributed by atoms with Crippen LogP contribution in [0.5, 0.6) is 11.5 Å². The molecule has 0 radical (unpaired) electrons. The van der Waals surface area contributed by atoms with Crippen molar-refractivity contribution in [2.24, 2.45) is 5.41 Å². The van der Waals surface area contributed by atoms with E-state index in [1.165, 1.54) is 11.1 Å². The third-order valence-electron chi connectivity index (χ3n) is 4.28. The Morgan fingerprint density at radius 2 is 1.79 bits per heavy atom. The molecule has 0 saturated heterocycles. The van der Waals surface area contributed by atoms with Crippen LogP contribution in [0.4, 0.5) is 5.69 Å². The van der Waals surface area contributed by atoms with Gasteiger partial charge in [0.2, 0.25) is 0 Å². The van der Waals surface area contributed by atoms with Gasteiger partial charge in [0.15, 0.2) is 0 Å². The first-order chi connectivity index (χ1) is 11.3. The molecule has 0 bridgehead atoms. The predicted octanol–water partition coefficient (Wildman–Crippen LogP) is 6.13. The molecule has 0 saturated carbocycles. The fourth-order valence-electron chi connectivity index (χ4n) is 3.42. The highest BCUT2D eigenvalue weighted by atomic mass is 16.5. The van der Waals surface area contributed by atoms with Crippen LogP contribution in [0, 0.1) is 12.3 Å². The number of allylic oxidation sites excluding steroid dienone is 4. The van der Waals surface area contributed by atoms with E-state index in [9.17, 15) is 0 Å². The Hall–Kier alpha value is -2.48. The molecule has 0 atom stereocenters. The summed E-state index contributed by atoms with van der Waals surface area (Å²) in [6.07, 6.45) is 5.71. The van der Waals surface area contributed by atoms with Gasteiger partial charge in [-0.05, 0) is 49.0 Å². The molecule has 0 heterocycles. The number of aryl methyl sites for hydroxylation is 1. The van der Waals surface area contributed by atoms with Crippen LogP contribution < -0.4 is 10.5 Å². The Kier molecular flexibility index (Phi) is 4.23. The number of rotatable bonds is 3. The molecule has 0 fully saturated rings. The van der Waals surface area contributed by atoms with E-state index < -0.39 is 0 Å². The van der Waals surface area contributed by atoms with E-state index in [1.807, 2.05) is 24.3 Å². The lowest BCUT2D eigenvalue weighted by Gasteiger charge is -2.27. The molecule has 0 amide bonds. The average molecular weight is 319 g/mol. The van der Waals surface area contributed by atoms with E-state index in [2.05, 4.69) is 58.0 Å². The van der Waals surface area contributed by atoms with Gasteiger partial charge in [-0.3, -0.25) is 0 Å². The molecule has 0 unspecified atom stereocenters. The van der Waals surface area contributed by atoms with Crippen molar-refractivity contribution in [1.29, 1.82) is 0 Å². The summed E-state index contributed by atoms with van der Waals surface area (Å²) in [5, 5.41) is 0. The average Bonchev–Trinajstić information content (AvgIpc) is 2.47. The first-order valence-electron chi connectivity index (χ1n) is 8.37. The van der Waals surface area contributed by atoms with Crippen LogP contribution in [0.3, 0.4) is 0 Å². The van der Waals surface area contributed by atoms with Crippen LogP contribution >= 0.6 is 0 Å². The molecular formula is C22H25NO. The largest absolute Gasteiger partial charge is 0.456 e. The number of hydrogen-bond donors (Lipinski definition) is 1. The summed E-state index contributed by atoms with van der Waals surface area (Å²) in [5.41, 5.74) is 11.6. The van der Waals surface area contributed by atoms with E-state index in [0.717, 1.165) is 29.0 Å². The maximum Gasteiger partial charge on any atom is 0.138 e. The fraction of sp³-hybridized carbons (Fsp3) is 0.273. The maximum atomic E-state index is 6.23. The van der Waals surface area contributed by atoms with Crippen LogP contribution in [0.15, 0.2) is 60.2 Å². The van der Waals surface area contributed by atoms with Gasteiger partial charge >= 0.3 is 0 Å². The zero-order valence-corrected chi connectivity index (χ0v) is 14.9. The molecule has 2 N–H and O–H groups in total. The van der Waals surface area contributed by atoms with Gasteiger partial charge in [-0.2, -0.15) is 0 Å². The van der Waals surface area contributed by atoms with Crippen LogP contribution in [0.2, 0.25) is 0 Å². The summed E-state index contributed by atoms with van der Waals surface area (Å²) in [6, 6.07) is 13.9. The van der Waals surface area contributed by atoms with Gasteiger partial charge in [0, 0.05) is 17.3 Å². The normalized spacial score (nSPS) is 16.3. The number of anilines is 1. The molecule has 2 heteroatoms. The fourth-order valence-corrected chi connectivity index (χ4v) is 3.42. The number of hydrogen-bond acceptors (Lipinski definition) is 2. The zero-order chi connectivity index (χ0) is 17.3. The van der Waals surface area contributed by atoms with Crippen LogP contribution in [-0.4, -0.2) is 0 Å². The first kappa shape index (κ1) is 16.4. The van der Waals surface area contributed by atoms with E-state index in [1.54, 1.807) is 0 Å². The van der Waals surface area contributed by atoms with Gasteiger partial charge in [0.25, 0.3) is 0 Å². The predicted molar refractivity (Wildman–Crippen MR) is 102 cm³/mol. The van der Waals surface area contributed by atoms with Crippen molar-refractivity contribution in [2.45, 2.75) is 34.1 Å². The van der Waals surface area contributed by atoms with Crippen molar-refractivity contribution in [2.75, 3.05) is 5.73 Å². The highest BCUT2D eigenvalue weighted by molar-refractivity contribution is 5.80. The minimum atomic E-state index is 0.159. The van der Waals surface area contributed by atoms with E-state index in [4.69, 9.17) is 10.5 Å². The summed E-state index contributed by atoms with van der Waals surface area (Å²) < 4.78 is 6.23. The van der Waals surface area contributed by atoms with Crippen molar-refractivity contribution in [3.8, 4) is 11.5 Å². The molecular weight excluding hydrogens is 294 g/mol. The minimum absolute atomic E-state index is 0.159. The SMILES string of the molecule is CC1=CC(c2cccc(C)c2Oc2cccc(N)c2)=CC(C)(C)C1. The first-order valence-corrected chi connectivity index (χ1v) is 8.37. The molecule has 2 nitrogen and oxygen atoms in total. The summed E-state index contributed by atoms with van der Waals surface area (Å²) in [5.74, 6) is 1.66. The molecule has 2 aromatic rings. The summed E-state index contributed by atoms with van der Waals surface area (Å²) >= 11 is 0. The smallest absolute Gasteiger partial charge is 0.138 e. The third kappa shape index (κ3) is 3.53. The monoisotopic (exact) mass is 319 g/mol. The number of nitrogens with two attached hydrogens (primary N) is 1. The van der Waals surface area contributed by atoms with Crippen LogP contribution in [0.25, 0.3) is 5.57 Å². The lowest BCUT2D eigenvalue weighted by atomic mass is 9.78. The van der Waals surface area contributed by atoms with Gasteiger partial charge < -0.3 is 10.5 Å². The zero-order valence-electron chi connectivity index (χ0n) is 14.9. The van der Waals surface area contributed by atoms with Gasteiger partial charge in [0.05, 0.1) is 0 Å². The van der Waals surface area contributed by atoms with Crippen molar-refractivity contribution in [1.82, 2.24) is 0 Å². The summed E-state index contributed by atoms with van der Waals surface area (Å²) in [6.45, 7) is 8.83. The van der Waals surface area contributed by atoms with E-state index in [0.29, 0.717) is 5.69 Å². The molecule has 1 aliphatic carbocycles. The Morgan fingerprint density at radius 3 is 2.50 bits per heavy atom. The van der Waals surface area contributed by atoms with Crippen molar-refractivity contribution in [3.05, 3.63) is 71.3 Å². The minimum Gasteiger partial charge on any atom is -0.456 e. The van der Waals surface area contributed by atoms with Crippen molar-refractivity contribution < 1.29 is 4.74 Å². The highest BCUT2D eigenvalue weighted by Crippen LogP contribution is 2.41. The molecule has 2 aromatic carbocycles. The maximum absolute atomic E-state index is 6.23. The molecule has 124 valence electrons. The summed E-state index contributed by atoms with van der Waals surface area (Å²) in [4.78, 5) is 0. The van der Waals surface area contributed by atoms with Gasteiger partial charge in [-0.1, -0.05) is 55.8 Å².